The molecule has 8 nitrogen and oxygen atoms in total. The van der Waals surface area contributed by atoms with Crippen LogP contribution in [0, 0.1) is 10.1 Å². The second kappa shape index (κ2) is 7.93. The minimum Gasteiger partial charge on any atom is -0.497 e. The van der Waals surface area contributed by atoms with E-state index >= 15 is 0 Å². The van der Waals surface area contributed by atoms with Gasteiger partial charge in [-0.15, -0.1) is 0 Å². The molecule has 0 bridgehead atoms. The summed E-state index contributed by atoms with van der Waals surface area (Å²) in [4.78, 5) is 19.1. The highest BCUT2D eigenvalue weighted by molar-refractivity contribution is 5.74. The lowest BCUT2D eigenvalue weighted by atomic mass is 10.2. The average molecular weight is 351 g/mol. The molecule has 0 saturated carbocycles. The van der Waals surface area contributed by atoms with E-state index in [9.17, 15) is 10.1 Å². The fourth-order valence-electron chi connectivity index (χ4n) is 2.39. The quantitative estimate of drug-likeness (QED) is 0.493. The van der Waals surface area contributed by atoms with Gasteiger partial charge in [-0.25, -0.2) is 9.97 Å². The summed E-state index contributed by atoms with van der Waals surface area (Å²) in [6.07, 6.45) is 1.28. The van der Waals surface area contributed by atoms with Crippen molar-refractivity contribution in [2.75, 3.05) is 17.7 Å². The summed E-state index contributed by atoms with van der Waals surface area (Å²) in [5.74, 6) is 0.891. The van der Waals surface area contributed by atoms with Crippen molar-refractivity contribution in [2.24, 2.45) is 0 Å². The molecule has 2 aromatic carbocycles. The van der Waals surface area contributed by atoms with E-state index in [1.165, 1.54) is 6.33 Å². The molecule has 2 N–H and O–H groups in total. The number of nitro groups is 1. The summed E-state index contributed by atoms with van der Waals surface area (Å²) in [5.41, 5.74) is 1.40. The molecule has 0 radical (unpaired) electrons. The van der Waals surface area contributed by atoms with Gasteiger partial charge in [0, 0.05) is 18.3 Å². The van der Waals surface area contributed by atoms with Crippen molar-refractivity contribution in [3.63, 3.8) is 0 Å². The zero-order chi connectivity index (χ0) is 18.4. The number of methoxy groups -OCH3 is 1. The van der Waals surface area contributed by atoms with E-state index in [1.807, 2.05) is 30.3 Å². The van der Waals surface area contributed by atoms with Crippen LogP contribution in [0.25, 0.3) is 0 Å². The van der Waals surface area contributed by atoms with Gasteiger partial charge in [0.1, 0.15) is 12.1 Å². The van der Waals surface area contributed by atoms with Crippen molar-refractivity contribution in [3.8, 4) is 5.75 Å². The first-order valence-electron chi connectivity index (χ1n) is 7.85. The second-order valence-corrected chi connectivity index (χ2v) is 5.37. The number of hydrogen-bond donors (Lipinski definition) is 2. The van der Waals surface area contributed by atoms with E-state index in [4.69, 9.17) is 4.74 Å². The van der Waals surface area contributed by atoms with Crippen LogP contribution < -0.4 is 15.4 Å². The summed E-state index contributed by atoms with van der Waals surface area (Å²) in [5, 5.41) is 17.5. The Hall–Kier alpha value is -3.68. The molecule has 0 aliphatic heterocycles. The van der Waals surface area contributed by atoms with Gasteiger partial charge in [0.15, 0.2) is 0 Å². The van der Waals surface area contributed by atoms with Gasteiger partial charge < -0.3 is 15.4 Å². The van der Waals surface area contributed by atoms with Gasteiger partial charge in [0.25, 0.3) is 0 Å². The molecule has 3 aromatic rings. The Morgan fingerprint density at radius 2 is 1.85 bits per heavy atom. The van der Waals surface area contributed by atoms with Crippen molar-refractivity contribution in [1.82, 2.24) is 9.97 Å². The third-order valence-electron chi connectivity index (χ3n) is 3.64. The molecular weight excluding hydrogens is 334 g/mol. The molecule has 8 heteroatoms. The second-order valence-electron chi connectivity index (χ2n) is 5.37. The van der Waals surface area contributed by atoms with E-state index in [0.29, 0.717) is 18.0 Å². The first-order valence-corrected chi connectivity index (χ1v) is 7.85. The lowest BCUT2D eigenvalue weighted by Gasteiger charge is -2.11. The predicted octanol–water partition coefficient (Wildman–Crippen LogP) is 3.75. The van der Waals surface area contributed by atoms with Crippen LogP contribution in [0.3, 0.4) is 0 Å². The third-order valence-corrected chi connectivity index (χ3v) is 3.64. The summed E-state index contributed by atoms with van der Waals surface area (Å²) >= 11 is 0. The smallest absolute Gasteiger partial charge is 0.353 e. The van der Waals surface area contributed by atoms with Crippen molar-refractivity contribution >= 4 is 23.0 Å². The van der Waals surface area contributed by atoms with Gasteiger partial charge in [0.2, 0.25) is 11.6 Å². The highest BCUT2D eigenvalue weighted by Gasteiger charge is 2.23. The van der Waals surface area contributed by atoms with Gasteiger partial charge in [0.05, 0.1) is 12.0 Å². The van der Waals surface area contributed by atoms with Crippen molar-refractivity contribution in [1.29, 1.82) is 0 Å². The zero-order valence-electron chi connectivity index (χ0n) is 14.0. The van der Waals surface area contributed by atoms with Crippen LogP contribution in [0.5, 0.6) is 5.75 Å². The van der Waals surface area contributed by atoms with Crippen LogP contribution in [-0.4, -0.2) is 22.0 Å². The average Bonchev–Trinajstić information content (AvgIpc) is 2.67. The molecule has 0 atom stereocenters. The minimum absolute atomic E-state index is 0.105. The number of hydrogen-bond acceptors (Lipinski definition) is 7. The fraction of sp³-hybridized carbons (Fsp3) is 0.111. The number of ether oxygens (including phenoxy) is 1. The maximum absolute atomic E-state index is 11.6. The van der Waals surface area contributed by atoms with E-state index in [2.05, 4.69) is 20.6 Å². The molecule has 0 spiro atoms. The van der Waals surface area contributed by atoms with Gasteiger partial charge in [-0.2, -0.15) is 0 Å². The summed E-state index contributed by atoms with van der Waals surface area (Å²) in [6.45, 7) is 0.414. The molecule has 0 aliphatic carbocycles. The molecule has 132 valence electrons. The number of benzene rings is 2. The first-order chi connectivity index (χ1) is 12.7. The topological polar surface area (TPSA) is 102 Å². The fourth-order valence-corrected chi connectivity index (χ4v) is 2.39. The molecule has 3 rings (SSSR count). The Bertz CT molecular complexity index is 902. The number of rotatable bonds is 7. The first kappa shape index (κ1) is 17.2. The Morgan fingerprint density at radius 3 is 2.58 bits per heavy atom. The Morgan fingerprint density at radius 1 is 1.08 bits per heavy atom. The van der Waals surface area contributed by atoms with Gasteiger partial charge in [-0.3, -0.25) is 10.1 Å². The lowest BCUT2D eigenvalue weighted by Crippen LogP contribution is -2.08. The predicted molar refractivity (Wildman–Crippen MR) is 98.7 cm³/mol. The number of anilines is 3. The summed E-state index contributed by atoms with van der Waals surface area (Å²) in [7, 11) is 1.55. The molecular formula is C18H17N5O3. The Labute approximate surface area is 150 Å². The van der Waals surface area contributed by atoms with E-state index in [-0.39, 0.29) is 17.3 Å². The maximum atomic E-state index is 11.6. The molecule has 1 aromatic heterocycles. The van der Waals surface area contributed by atoms with Crippen molar-refractivity contribution in [2.45, 2.75) is 6.54 Å². The third kappa shape index (κ3) is 4.04. The largest absolute Gasteiger partial charge is 0.497 e. The molecule has 0 saturated heterocycles. The Kier molecular flexibility index (Phi) is 5.23. The molecule has 0 fully saturated rings. The van der Waals surface area contributed by atoms with Crippen LogP contribution in [-0.2, 0) is 6.54 Å². The highest BCUT2D eigenvalue weighted by atomic mass is 16.6. The Balaban J connectivity index is 1.87. The van der Waals surface area contributed by atoms with Crippen LogP contribution in [0.4, 0.5) is 23.0 Å². The standard InChI is InChI=1S/C18H17N5O3/c1-26-15-9-5-8-14(10-15)22-18-16(23(24)25)17(20-12-21-18)19-11-13-6-3-2-4-7-13/h2-10,12H,11H2,1H3,(H2,19,20,21,22). The van der Waals surface area contributed by atoms with Gasteiger partial charge in [-0.1, -0.05) is 36.4 Å². The zero-order valence-corrected chi connectivity index (χ0v) is 14.0. The molecule has 0 unspecified atom stereocenters. The number of nitrogens with one attached hydrogen (secondary N) is 2. The minimum atomic E-state index is -0.504. The normalized spacial score (nSPS) is 10.2. The van der Waals surface area contributed by atoms with Gasteiger partial charge >= 0.3 is 5.69 Å². The monoisotopic (exact) mass is 351 g/mol. The van der Waals surface area contributed by atoms with Crippen LogP contribution >= 0.6 is 0 Å². The van der Waals surface area contributed by atoms with Crippen molar-refractivity contribution < 1.29 is 9.66 Å². The van der Waals surface area contributed by atoms with Crippen molar-refractivity contribution in [3.05, 3.63) is 76.6 Å². The van der Waals surface area contributed by atoms with Crippen LogP contribution in [0.1, 0.15) is 5.56 Å². The molecule has 0 amide bonds. The van der Waals surface area contributed by atoms with E-state index in [0.717, 1.165) is 5.56 Å². The molecule has 26 heavy (non-hydrogen) atoms. The number of nitrogens with zero attached hydrogens (tertiary/aromatic N) is 3. The van der Waals surface area contributed by atoms with Crippen LogP contribution in [0.15, 0.2) is 60.9 Å². The summed E-state index contributed by atoms with van der Waals surface area (Å²) in [6, 6.07) is 16.6. The maximum Gasteiger partial charge on any atom is 0.353 e. The molecule has 1 heterocycles. The van der Waals surface area contributed by atoms with E-state index < -0.39 is 4.92 Å². The van der Waals surface area contributed by atoms with Gasteiger partial charge in [-0.05, 0) is 17.7 Å². The lowest BCUT2D eigenvalue weighted by molar-refractivity contribution is -0.383. The summed E-state index contributed by atoms with van der Waals surface area (Å²) < 4.78 is 5.16. The van der Waals surface area contributed by atoms with Crippen LogP contribution in [0.2, 0.25) is 0 Å². The highest BCUT2D eigenvalue weighted by Crippen LogP contribution is 2.32. The molecule has 0 aliphatic rings. The SMILES string of the molecule is COc1cccc(Nc2ncnc(NCc3ccccc3)c2[N+](=O)[O-])c1. The number of aromatic nitrogens is 2. The van der Waals surface area contributed by atoms with E-state index in [1.54, 1.807) is 31.4 Å².